The van der Waals surface area contributed by atoms with Gasteiger partial charge in [-0.3, -0.25) is 23.7 Å². The zero-order chi connectivity index (χ0) is 28.4. The molecule has 1 saturated heterocycles. The number of carbonyl (C=O) groups excluding carboxylic acids is 1. The van der Waals surface area contributed by atoms with Crippen LogP contribution in [-0.4, -0.2) is 62.3 Å². The van der Waals surface area contributed by atoms with Crippen LogP contribution in [0.2, 0.25) is 0 Å². The highest BCUT2D eigenvalue weighted by Crippen LogP contribution is 2.46. The Kier molecular flexibility index (Phi) is 7.65. The highest BCUT2D eigenvalue weighted by Gasteiger charge is 2.54. The fourth-order valence-corrected chi connectivity index (χ4v) is 4.88. The lowest BCUT2D eigenvalue weighted by Crippen LogP contribution is -2.47. The van der Waals surface area contributed by atoms with E-state index in [1.807, 2.05) is 4.98 Å². The van der Waals surface area contributed by atoms with E-state index in [1.165, 1.54) is 19.1 Å². The third-order valence-electron chi connectivity index (χ3n) is 5.15. The molecule has 0 amide bonds. The molecule has 1 aliphatic rings. The van der Waals surface area contributed by atoms with E-state index in [4.69, 9.17) is 21.3 Å². The van der Waals surface area contributed by atoms with Crippen LogP contribution in [0.15, 0.2) is 52.1 Å². The van der Waals surface area contributed by atoms with Crippen LogP contribution in [0.4, 0.5) is 0 Å². The predicted octanol–water partition coefficient (Wildman–Crippen LogP) is 0.679. The van der Waals surface area contributed by atoms with E-state index >= 15 is 0 Å². The Morgan fingerprint density at radius 3 is 2.64 bits per heavy atom. The summed E-state index contributed by atoms with van der Waals surface area (Å²) in [4.78, 5) is 38.1. The number of hydrogen-bond acceptors (Lipinski definition) is 10. The molecule has 1 aliphatic heterocycles. The minimum atomic E-state index is -4.35. The minimum Gasteiger partial charge on any atom is -0.462 e. The number of aliphatic hydroxyl groups excluding tert-OH is 1. The molecule has 1 unspecified atom stereocenters. The van der Waals surface area contributed by atoms with Gasteiger partial charge in [0, 0.05) is 12.2 Å². The number of rotatable bonds is 10. The van der Waals surface area contributed by atoms with Crippen LogP contribution in [0.25, 0.3) is 0 Å². The number of aromatic amines is 1. The van der Waals surface area contributed by atoms with Gasteiger partial charge in [-0.15, -0.1) is 0 Å². The molecule has 6 atom stereocenters. The number of para-hydroxylation sites is 1. The van der Waals surface area contributed by atoms with Crippen molar-refractivity contribution in [1.82, 2.24) is 14.6 Å². The van der Waals surface area contributed by atoms with Gasteiger partial charge in [-0.05, 0) is 39.8 Å². The molecule has 0 saturated carbocycles. The molecule has 2 aromatic rings. The largest absolute Gasteiger partial charge is 0.462 e. The lowest BCUT2D eigenvalue weighted by Gasteiger charge is -2.27. The van der Waals surface area contributed by atoms with Gasteiger partial charge in [-0.25, -0.2) is 9.36 Å². The average molecular weight is 529 g/mol. The summed E-state index contributed by atoms with van der Waals surface area (Å²) in [6, 6.07) is 5.91. The van der Waals surface area contributed by atoms with Gasteiger partial charge in [0.2, 0.25) is 0 Å². The highest BCUT2D eigenvalue weighted by molar-refractivity contribution is 7.52. The van der Waals surface area contributed by atoms with Gasteiger partial charge in [0.15, 0.2) is 6.23 Å². The maximum atomic E-state index is 13.6. The molecule has 3 rings (SSSR count). The summed E-state index contributed by atoms with van der Waals surface area (Å²) in [6.45, 7) is 5.11. The average Bonchev–Trinajstić information content (AvgIpc) is 3.05. The number of aliphatic hydroxyl groups is 2. The van der Waals surface area contributed by atoms with E-state index in [9.17, 15) is 29.2 Å². The molecule has 1 aromatic heterocycles. The van der Waals surface area contributed by atoms with Crippen LogP contribution in [0.5, 0.6) is 5.75 Å². The Bertz CT molecular complexity index is 1320. The van der Waals surface area contributed by atoms with Gasteiger partial charge in [0.25, 0.3) is 5.56 Å². The van der Waals surface area contributed by atoms with Crippen molar-refractivity contribution in [2.24, 2.45) is 0 Å². The van der Waals surface area contributed by atoms with Crippen LogP contribution in [0.3, 0.4) is 0 Å². The standard InChI is InChI=1S/C22H30N3O10P/c1-13(2)33-19(28)14(3)24-36(31,35-15-8-6-5-7-9-15)32-12-16-18(27)22(4,30)20(34-16)25-11-10-17(26)23-21(25)29/h5-11,13-14,16,18,20,27,30H,12H2,1-4H3,(H,24,31)(H,23,26,29)/t14?,16-,18-,20-,22-,36+/m1/s1/i10D,11D. The monoisotopic (exact) mass is 529 g/mol. The van der Waals surface area contributed by atoms with Crippen LogP contribution < -0.4 is 20.9 Å². The van der Waals surface area contributed by atoms with Gasteiger partial charge < -0.3 is 24.2 Å². The quantitative estimate of drug-likeness (QED) is 0.251. The third-order valence-corrected chi connectivity index (χ3v) is 6.80. The Morgan fingerprint density at radius 2 is 2.00 bits per heavy atom. The first-order chi connectivity index (χ1) is 17.7. The Labute approximate surface area is 209 Å². The van der Waals surface area contributed by atoms with Crippen molar-refractivity contribution in [3.8, 4) is 5.75 Å². The lowest BCUT2D eigenvalue weighted by atomic mass is 9.96. The molecule has 36 heavy (non-hydrogen) atoms. The number of esters is 1. The van der Waals surface area contributed by atoms with Crippen molar-refractivity contribution < 1.29 is 40.8 Å². The maximum absolute atomic E-state index is 13.6. The molecule has 14 heteroatoms. The van der Waals surface area contributed by atoms with Gasteiger partial charge >= 0.3 is 19.4 Å². The number of carbonyl (C=O) groups is 1. The summed E-state index contributed by atoms with van der Waals surface area (Å²) in [6.07, 6.45) is -6.17. The second-order valence-electron chi connectivity index (χ2n) is 8.60. The molecule has 13 nitrogen and oxygen atoms in total. The zero-order valence-electron chi connectivity index (χ0n) is 22.0. The van der Waals surface area contributed by atoms with Crippen LogP contribution in [-0.2, 0) is 23.4 Å². The summed E-state index contributed by atoms with van der Waals surface area (Å²) in [5.74, 6) is -0.598. The summed E-state index contributed by atoms with van der Waals surface area (Å²) in [5, 5.41) is 24.1. The Morgan fingerprint density at radius 1 is 1.33 bits per heavy atom. The number of hydrogen-bond donors (Lipinski definition) is 4. The topological polar surface area (TPSA) is 178 Å². The molecule has 0 bridgehead atoms. The van der Waals surface area contributed by atoms with E-state index in [0.29, 0.717) is 4.57 Å². The molecule has 4 N–H and O–H groups in total. The third kappa shape index (κ3) is 6.49. The van der Waals surface area contributed by atoms with Crippen molar-refractivity contribution in [3.05, 3.63) is 63.4 Å². The van der Waals surface area contributed by atoms with E-state index in [-0.39, 0.29) is 5.75 Å². The second-order valence-corrected chi connectivity index (χ2v) is 10.3. The van der Waals surface area contributed by atoms with Crippen molar-refractivity contribution in [3.63, 3.8) is 0 Å². The first kappa shape index (κ1) is 24.9. The summed E-state index contributed by atoms with van der Waals surface area (Å²) >= 11 is 0. The van der Waals surface area contributed by atoms with E-state index in [1.54, 1.807) is 32.0 Å². The molecule has 0 spiro atoms. The lowest BCUT2D eigenvalue weighted by molar-refractivity contribution is -0.149. The number of benzene rings is 1. The number of H-pyrrole nitrogens is 1. The van der Waals surface area contributed by atoms with Crippen molar-refractivity contribution in [2.75, 3.05) is 6.61 Å². The van der Waals surface area contributed by atoms with Crippen LogP contribution >= 0.6 is 7.75 Å². The first-order valence-corrected chi connectivity index (χ1v) is 12.6. The normalized spacial score (nSPS) is 27.1. The fraction of sp³-hybridized carbons (Fsp3) is 0.500. The first-order valence-electron chi connectivity index (χ1n) is 12.0. The Balaban J connectivity index is 1.85. The molecule has 0 aliphatic carbocycles. The number of nitrogens with one attached hydrogen (secondary N) is 2. The summed E-state index contributed by atoms with van der Waals surface area (Å²) in [7, 11) is -4.35. The van der Waals surface area contributed by atoms with Gasteiger partial charge in [-0.2, -0.15) is 5.09 Å². The van der Waals surface area contributed by atoms with Crippen LogP contribution in [0, 0.1) is 0 Å². The fourth-order valence-electron chi connectivity index (χ4n) is 3.37. The van der Waals surface area contributed by atoms with Gasteiger partial charge in [0.05, 0.1) is 15.5 Å². The minimum absolute atomic E-state index is 0.132. The smallest absolute Gasteiger partial charge is 0.459 e. The molecule has 1 fully saturated rings. The summed E-state index contributed by atoms with van der Waals surface area (Å²) in [5.41, 5.74) is -4.46. The van der Waals surface area contributed by atoms with Crippen molar-refractivity contribution in [1.29, 1.82) is 0 Å². The number of nitrogens with zero attached hydrogens (tertiary/aromatic N) is 1. The van der Waals surface area contributed by atoms with Crippen molar-refractivity contribution in [2.45, 2.75) is 63.9 Å². The molecular weight excluding hydrogens is 497 g/mol. The zero-order valence-corrected chi connectivity index (χ0v) is 20.9. The second kappa shape index (κ2) is 11.1. The van der Waals surface area contributed by atoms with E-state index < -0.39 is 80.0 Å². The van der Waals surface area contributed by atoms with Gasteiger partial charge in [-0.1, -0.05) is 18.2 Å². The van der Waals surface area contributed by atoms with Crippen molar-refractivity contribution >= 4 is 13.7 Å². The Hall–Kier alpha value is -2.80. The SMILES string of the molecule is [2H]c1c([2H])n([C@@H]2O[C@H](CO[P@@](=O)(NC(C)C(=O)OC(C)C)Oc3ccccc3)[C@@H](O)[C@@]2(C)O)c(=O)[nH]c1=O. The number of ether oxygens (including phenoxy) is 2. The molecule has 1 aromatic carbocycles. The maximum Gasteiger partial charge on any atom is 0.459 e. The highest BCUT2D eigenvalue weighted by atomic mass is 31.2. The number of aromatic nitrogens is 2. The summed E-state index contributed by atoms with van der Waals surface area (Å²) < 4.78 is 51.5. The molecule has 2 heterocycles. The molecular formula is C22H30N3O10P. The van der Waals surface area contributed by atoms with E-state index in [0.717, 1.165) is 6.92 Å². The molecule has 198 valence electrons. The van der Waals surface area contributed by atoms with Gasteiger partial charge in [0.1, 0.15) is 29.6 Å². The predicted molar refractivity (Wildman–Crippen MR) is 126 cm³/mol. The van der Waals surface area contributed by atoms with Crippen LogP contribution in [0.1, 0.15) is 36.7 Å². The van der Waals surface area contributed by atoms with E-state index in [2.05, 4.69) is 5.09 Å². The molecule has 0 radical (unpaired) electrons.